The molecule has 3 nitrogen and oxygen atoms in total. The van der Waals surface area contributed by atoms with E-state index in [-0.39, 0.29) is 11.7 Å². The molecular formula is C13H15ClO3. The van der Waals surface area contributed by atoms with Crippen molar-refractivity contribution in [3.63, 3.8) is 0 Å². The number of benzene rings is 1. The summed E-state index contributed by atoms with van der Waals surface area (Å²) in [7, 11) is 0. The number of ether oxygens (including phenoxy) is 1. The molecule has 0 aromatic heterocycles. The highest BCUT2D eigenvalue weighted by molar-refractivity contribution is 6.30. The van der Waals surface area contributed by atoms with Crippen molar-refractivity contribution in [1.29, 1.82) is 0 Å². The predicted molar refractivity (Wildman–Crippen MR) is 66.8 cm³/mol. The number of halogens is 1. The van der Waals surface area contributed by atoms with Crippen molar-refractivity contribution in [3.05, 3.63) is 47.0 Å². The molecule has 1 aromatic carbocycles. The molecule has 0 saturated carbocycles. The van der Waals surface area contributed by atoms with Crippen LogP contribution in [0.3, 0.4) is 0 Å². The summed E-state index contributed by atoms with van der Waals surface area (Å²) < 4.78 is 4.95. The summed E-state index contributed by atoms with van der Waals surface area (Å²) in [6.45, 7) is 7.01. The molecule has 17 heavy (non-hydrogen) atoms. The maximum Gasteiger partial charge on any atom is 0.336 e. The first-order valence-electron chi connectivity index (χ1n) is 5.25. The van der Waals surface area contributed by atoms with Crippen LogP contribution in [0.4, 0.5) is 0 Å². The number of hydrogen-bond acceptors (Lipinski definition) is 3. The Morgan fingerprint density at radius 2 is 2.12 bits per heavy atom. The average molecular weight is 255 g/mol. The van der Waals surface area contributed by atoms with Crippen molar-refractivity contribution in [2.24, 2.45) is 0 Å². The van der Waals surface area contributed by atoms with E-state index in [1.165, 1.54) is 0 Å². The molecule has 0 spiro atoms. The Balaban J connectivity index is 2.79. The van der Waals surface area contributed by atoms with Crippen molar-refractivity contribution in [2.75, 3.05) is 0 Å². The van der Waals surface area contributed by atoms with Gasteiger partial charge in [-0.05, 0) is 31.5 Å². The summed E-state index contributed by atoms with van der Waals surface area (Å²) in [6, 6.07) is 6.64. The summed E-state index contributed by atoms with van der Waals surface area (Å²) in [5.41, 5.74) is 0.518. The number of aliphatic hydroxyl groups excluding tert-OH is 1. The number of rotatable bonds is 4. The normalized spacial score (nSPS) is 12.3. The van der Waals surface area contributed by atoms with E-state index in [0.717, 1.165) is 0 Å². The minimum Gasteiger partial charge on any atom is -0.460 e. The molecule has 1 N–H and O–H groups in total. The molecule has 1 atom stereocenters. The summed E-state index contributed by atoms with van der Waals surface area (Å²) >= 11 is 5.80. The van der Waals surface area contributed by atoms with Gasteiger partial charge in [0, 0.05) is 5.02 Å². The van der Waals surface area contributed by atoms with E-state index in [1.807, 2.05) is 0 Å². The molecule has 4 heteroatoms. The zero-order valence-electron chi connectivity index (χ0n) is 9.81. The maximum absolute atomic E-state index is 11.5. The second-order valence-corrected chi connectivity index (χ2v) is 4.37. The van der Waals surface area contributed by atoms with Gasteiger partial charge in [-0.25, -0.2) is 4.79 Å². The minimum absolute atomic E-state index is 0.000895. The minimum atomic E-state index is -1.10. The number of carbonyl (C=O) groups excluding carboxylic acids is 1. The summed E-state index contributed by atoms with van der Waals surface area (Å²) in [5.74, 6) is -0.604. The molecular weight excluding hydrogens is 240 g/mol. The predicted octanol–water partition coefficient (Wildman–Crippen LogP) is 2.88. The lowest BCUT2D eigenvalue weighted by atomic mass is 10.0. The molecule has 0 amide bonds. The van der Waals surface area contributed by atoms with E-state index in [2.05, 4.69) is 6.58 Å². The maximum atomic E-state index is 11.5. The SMILES string of the molecule is C=C(C(=O)OC(C)C)C(O)c1cccc(Cl)c1. The summed E-state index contributed by atoms with van der Waals surface area (Å²) in [4.78, 5) is 11.5. The topological polar surface area (TPSA) is 46.5 Å². The third-order valence-electron chi connectivity index (χ3n) is 2.10. The number of hydrogen-bond donors (Lipinski definition) is 1. The Kier molecular flexibility index (Phi) is 4.73. The number of aliphatic hydroxyl groups is 1. The van der Waals surface area contributed by atoms with Crippen molar-refractivity contribution >= 4 is 17.6 Å². The third kappa shape index (κ3) is 3.88. The van der Waals surface area contributed by atoms with Crippen LogP contribution in [-0.2, 0) is 9.53 Å². The molecule has 0 aliphatic carbocycles. The zero-order valence-corrected chi connectivity index (χ0v) is 10.6. The number of esters is 1. The quantitative estimate of drug-likeness (QED) is 0.664. The van der Waals surface area contributed by atoms with Gasteiger partial charge in [0.25, 0.3) is 0 Å². The zero-order chi connectivity index (χ0) is 13.0. The van der Waals surface area contributed by atoms with Crippen LogP contribution in [0.2, 0.25) is 5.02 Å². The van der Waals surface area contributed by atoms with Gasteiger partial charge in [-0.15, -0.1) is 0 Å². The first-order valence-corrected chi connectivity index (χ1v) is 5.63. The number of carbonyl (C=O) groups is 1. The molecule has 0 heterocycles. The van der Waals surface area contributed by atoms with Crippen LogP contribution in [0.5, 0.6) is 0 Å². The molecule has 0 bridgehead atoms. The van der Waals surface area contributed by atoms with Gasteiger partial charge in [-0.2, -0.15) is 0 Å². The Morgan fingerprint density at radius 1 is 1.47 bits per heavy atom. The van der Waals surface area contributed by atoms with Gasteiger partial charge < -0.3 is 9.84 Å². The summed E-state index contributed by atoms with van der Waals surface area (Å²) in [5, 5.41) is 10.4. The van der Waals surface area contributed by atoms with Gasteiger partial charge in [-0.1, -0.05) is 30.3 Å². The Bertz CT molecular complexity index is 426. The molecule has 0 fully saturated rings. The lowest BCUT2D eigenvalue weighted by Gasteiger charge is -2.15. The van der Waals surface area contributed by atoms with Gasteiger partial charge in [0.2, 0.25) is 0 Å². The van der Waals surface area contributed by atoms with Gasteiger partial charge >= 0.3 is 5.97 Å². The molecule has 92 valence electrons. The van der Waals surface area contributed by atoms with Crippen LogP contribution in [0.25, 0.3) is 0 Å². The molecule has 1 unspecified atom stereocenters. The Labute approximate surface area is 106 Å². The van der Waals surface area contributed by atoms with E-state index < -0.39 is 12.1 Å². The highest BCUT2D eigenvalue weighted by Crippen LogP contribution is 2.23. The monoisotopic (exact) mass is 254 g/mol. The van der Waals surface area contributed by atoms with Crippen LogP contribution in [-0.4, -0.2) is 17.2 Å². The second kappa shape index (κ2) is 5.84. The van der Waals surface area contributed by atoms with E-state index in [9.17, 15) is 9.90 Å². The van der Waals surface area contributed by atoms with Gasteiger partial charge in [-0.3, -0.25) is 0 Å². The van der Waals surface area contributed by atoms with Crippen LogP contribution < -0.4 is 0 Å². The molecule has 1 aromatic rings. The lowest BCUT2D eigenvalue weighted by Crippen LogP contribution is -2.17. The molecule has 0 aliphatic heterocycles. The third-order valence-corrected chi connectivity index (χ3v) is 2.33. The fourth-order valence-electron chi connectivity index (χ4n) is 1.28. The smallest absolute Gasteiger partial charge is 0.336 e. The van der Waals surface area contributed by atoms with E-state index in [1.54, 1.807) is 38.1 Å². The van der Waals surface area contributed by atoms with E-state index in [0.29, 0.717) is 10.6 Å². The highest BCUT2D eigenvalue weighted by atomic mass is 35.5. The molecule has 0 aliphatic rings. The van der Waals surface area contributed by atoms with Crippen LogP contribution in [0.15, 0.2) is 36.4 Å². The molecule has 0 saturated heterocycles. The van der Waals surface area contributed by atoms with Crippen molar-refractivity contribution in [3.8, 4) is 0 Å². The first kappa shape index (κ1) is 13.7. The Morgan fingerprint density at radius 3 is 2.65 bits per heavy atom. The van der Waals surface area contributed by atoms with Gasteiger partial charge in [0.1, 0.15) is 6.10 Å². The van der Waals surface area contributed by atoms with Crippen molar-refractivity contribution < 1.29 is 14.6 Å². The van der Waals surface area contributed by atoms with Crippen molar-refractivity contribution in [2.45, 2.75) is 26.1 Å². The van der Waals surface area contributed by atoms with E-state index in [4.69, 9.17) is 16.3 Å². The van der Waals surface area contributed by atoms with Crippen LogP contribution >= 0.6 is 11.6 Å². The fourth-order valence-corrected chi connectivity index (χ4v) is 1.48. The molecule has 0 radical (unpaired) electrons. The van der Waals surface area contributed by atoms with Crippen LogP contribution in [0, 0.1) is 0 Å². The second-order valence-electron chi connectivity index (χ2n) is 3.94. The highest BCUT2D eigenvalue weighted by Gasteiger charge is 2.20. The first-order chi connectivity index (χ1) is 7.91. The standard InChI is InChI=1S/C13H15ClO3/c1-8(2)17-13(16)9(3)12(15)10-5-4-6-11(14)7-10/h4-8,12,15H,3H2,1-2H3. The molecule has 1 rings (SSSR count). The average Bonchev–Trinajstić information content (AvgIpc) is 2.26. The van der Waals surface area contributed by atoms with Gasteiger partial charge in [0.05, 0.1) is 11.7 Å². The lowest BCUT2D eigenvalue weighted by molar-refractivity contribution is -0.143. The largest absolute Gasteiger partial charge is 0.460 e. The summed E-state index contributed by atoms with van der Waals surface area (Å²) in [6.07, 6.45) is -1.34. The van der Waals surface area contributed by atoms with Crippen molar-refractivity contribution in [1.82, 2.24) is 0 Å². The fraction of sp³-hybridized carbons (Fsp3) is 0.308. The van der Waals surface area contributed by atoms with Gasteiger partial charge in [0.15, 0.2) is 0 Å². The van der Waals surface area contributed by atoms with Crippen LogP contribution in [0.1, 0.15) is 25.5 Å². The van der Waals surface area contributed by atoms with E-state index >= 15 is 0 Å². The Hall–Kier alpha value is -1.32.